The first-order chi connectivity index (χ1) is 12.8. The summed E-state index contributed by atoms with van der Waals surface area (Å²) in [6, 6.07) is 6.51. The highest BCUT2D eigenvalue weighted by Gasteiger charge is 2.35. The molecule has 3 rings (SSSR count). The van der Waals surface area contributed by atoms with Crippen molar-refractivity contribution in [2.75, 3.05) is 27.2 Å². The number of hydrogen-bond acceptors (Lipinski definition) is 7. The third kappa shape index (κ3) is 3.41. The van der Waals surface area contributed by atoms with Crippen molar-refractivity contribution in [1.82, 2.24) is 4.90 Å². The van der Waals surface area contributed by atoms with Crippen molar-refractivity contribution in [3.05, 3.63) is 58.1 Å². The van der Waals surface area contributed by atoms with Gasteiger partial charge in [-0.1, -0.05) is 12.1 Å². The van der Waals surface area contributed by atoms with Crippen LogP contribution in [-0.2, 0) is 4.74 Å². The average Bonchev–Trinajstić information content (AvgIpc) is 2.62. The summed E-state index contributed by atoms with van der Waals surface area (Å²) in [6.45, 7) is 0.939. The molecule has 2 N–H and O–H groups in total. The lowest BCUT2D eigenvalue weighted by molar-refractivity contribution is 0.0492. The van der Waals surface area contributed by atoms with E-state index in [1.807, 2.05) is 19.0 Å². The molecule has 0 saturated heterocycles. The third-order valence-corrected chi connectivity index (χ3v) is 4.32. The Bertz CT molecular complexity index is 948. The van der Waals surface area contributed by atoms with Gasteiger partial charge in [-0.3, -0.25) is 9.59 Å². The van der Waals surface area contributed by atoms with E-state index >= 15 is 0 Å². The summed E-state index contributed by atoms with van der Waals surface area (Å²) >= 11 is 0. The number of nitrogens with zero attached hydrogens (tertiary/aromatic N) is 1. The molecule has 0 atom stereocenters. The molecule has 7 nitrogen and oxygen atoms in total. The summed E-state index contributed by atoms with van der Waals surface area (Å²) in [5, 5.41) is 20.2. The normalized spacial score (nSPS) is 12.7. The molecule has 0 spiro atoms. The smallest absolute Gasteiger partial charge is 0.338 e. The highest BCUT2D eigenvalue weighted by Crippen LogP contribution is 2.37. The standard InChI is InChI=1S/C20H19NO6/c1-21(2)7-4-8-27-20(26)11-9-13-17(15(23)10-11)19(25)16-12(18(13)24)5-3-6-14(16)22/h3,5-6,9-10,22-23H,4,7-8H2,1-2H3. The van der Waals surface area contributed by atoms with Crippen molar-refractivity contribution in [2.45, 2.75) is 6.42 Å². The summed E-state index contributed by atoms with van der Waals surface area (Å²) in [7, 11) is 3.81. The lowest BCUT2D eigenvalue weighted by Gasteiger charge is -2.19. The first kappa shape index (κ1) is 18.6. The maximum absolute atomic E-state index is 12.7. The van der Waals surface area contributed by atoms with Gasteiger partial charge in [0.25, 0.3) is 0 Å². The number of esters is 1. The molecule has 0 saturated carbocycles. The Labute approximate surface area is 155 Å². The van der Waals surface area contributed by atoms with E-state index in [4.69, 9.17) is 4.74 Å². The number of phenols is 2. The first-order valence-corrected chi connectivity index (χ1v) is 8.41. The van der Waals surface area contributed by atoms with E-state index in [1.54, 1.807) is 0 Å². The molecule has 0 bridgehead atoms. The fourth-order valence-electron chi connectivity index (χ4n) is 3.03. The first-order valence-electron chi connectivity index (χ1n) is 8.41. The Kier molecular flexibility index (Phi) is 4.96. The van der Waals surface area contributed by atoms with Gasteiger partial charge in [0.1, 0.15) is 11.5 Å². The minimum absolute atomic E-state index is 0.0131. The number of fused-ring (bicyclic) bond motifs is 2. The Morgan fingerprint density at radius 3 is 2.41 bits per heavy atom. The molecule has 7 heteroatoms. The lowest BCUT2D eigenvalue weighted by Crippen LogP contribution is -2.22. The van der Waals surface area contributed by atoms with Crippen LogP contribution in [-0.4, -0.2) is 59.9 Å². The SMILES string of the molecule is CN(C)CCCOC(=O)c1cc(O)c2c(c1)C(=O)c1cccc(O)c1C2=O. The van der Waals surface area contributed by atoms with E-state index in [0.717, 1.165) is 12.6 Å². The van der Waals surface area contributed by atoms with Crippen molar-refractivity contribution in [2.24, 2.45) is 0 Å². The van der Waals surface area contributed by atoms with Gasteiger partial charge in [0, 0.05) is 17.7 Å². The molecule has 1 aliphatic carbocycles. The van der Waals surface area contributed by atoms with E-state index in [9.17, 15) is 24.6 Å². The predicted octanol–water partition coefficient (Wildman–Crippen LogP) is 1.98. The molecule has 0 unspecified atom stereocenters. The molecule has 2 aromatic rings. The Hall–Kier alpha value is -3.19. The molecule has 0 aliphatic heterocycles. The van der Waals surface area contributed by atoms with Crippen LogP contribution in [0.2, 0.25) is 0 Å². The quantitative estimate of drug-likeness (QED) is 0.523. The molecule has 0 fully saturated rings. The van der Waals surface area contributed by atoms with Crippen LogP contribution in [0.15, 0.2) is 30.3 Å². The maximum Gasteiger partial charge on any atom is 0.338 e. The van der Waals surface area contributed by atoms with Crippen LogP contribution in [0, 0.1) is 0 Å². The van der Waals surface area contributed by atoms with Crippen LogP contribution in [0.4, 0.5) is 0 Å². The second-order valence-corrected chi connectivity index (χ2v) is 6.57. The summed E-state index contributed by atoms with van der Waals surface area (Å²) in [5.74, 6) is -2.73. The van der Waals surface area contributed by atoms with Crippen molar-refractivity contribution in [3.63, 3.8) is 0 Å². The van der Waals surface area contributed by atoms with Gasteiger partial charge in [-0.2, -0.15) is 0 Å². The highest BCUT2D eigenvalue weighted by molar-refractivity contribution is 6.30. The Morgan fingerprint density at radius 2 is 1.70 bits per heavy atom. The van der Waals surface area contributed by atoms with Gasteiger partial charge in [-0.25, -0.2) is 4.79 Å². The lowest BCUT2D eigenvalue weighted by atomic mass is 9.82. The average molecular weight is 369 g/mol. The summed E-state index contributed by atoms with van der Waals surface area (Å²) in [5.41, 5.74) is -0.440. The molecule has 0 amide bonds. The molecule has 0 radical (unpaired) electrons. The van der Waals surface area contributed by atoms with Gasteiger partial charge in [-0.15, -0.1) is 0 Å². The molecule has 27 heavy (non-hydrogen) atoms. The van der Waals surface area contributed by atoms with Crippen LogP contribution in [0.1, 0.15) is 48.6 Å². The van der Waals surface area contributed by atoms with E-state index in [1.165, 1.54) is 24.3 Å². The minimum atomic E-state index is -0.686. The number of benzene rings is 2. The third-order valence-electron chi connectivity index (χ3n) is 4.32. The number of carbonyl (C=O) groups excluding carboxylic acids is 3. The second kappa shape index (κ2) is 7.20. The summed E-state index contributed by atoms with van der Waals surface area (Å²) in [6.07, 6.45) is 0.639. The summed E-state index contributed by atoms with van der Waals surface area (Å²) in [4.78, 5) is 39.6. The van der Waals surface area contributed by atoms with Crippen LogP contribution >= 0.6 is 0 Å². The van der Waals surface area contributed by atoms with Gasteiger partial charge in [-0.05, 0) is 38.7 Å². The maximum atomic E-state index is 12.7. The van der Waals surface area contributed by atoms with Gasteiger partial charge in [0.15, 0.2) is 5.78 Å². The zero-order valence-corrected chi connectivity index (χ0v) is 15.0. The van der Waals surface area contributed by atoms with Crippen LogP contribution in [0.5, 0.6) is 11.5 Å². The number of carbonyl (C=O) groups is 3. The minimum Gasteiger partial charge on any atom is -0.507 e. The van der Waals surface area contributed by atoms with Crippen LogP contribution in [0.3, 0.4) is 0 Å². The van der Waals surface area contributed by atoms with Gasteiger partial charge >= 0.3 is 5.97 Å². The highest BCUT2D eigenvalue weighted by atomic mass is 16.5. The number of phenolic OH excluding ortho intramolecular Hbond substituents is 2. The van der Waals surface area contributed by atoms with Crippen molar-refractivity contribution in [3.8, 4) is 11.5 Å². The molecule has 2 aromatic carbocycles. The molecular formula is C20H19NO6. The van der Waals surface area contributed by atoms with Gasteiger partial charge in [0.2, 0.25) is 5.78 Å². The number of rotatable bonds is 5. The topological polar surface area (TPSA) is 104 Å². The van der Waals surface area contributed by atoms with Crippen molar-refractivity contribution < 1.29 is 29.3 Å². The van der Waals surface area contributed by atoms with E-state index in [0.29, 0.717) is 6.42 Å². The molecule has 1 aliphatic rings. The zero-order chi connectivity index (χ0) is 19.7. The number of ketones is 2. The fraction of sp³-hybridized carbons (Fsp3) is 0.250. The number of ether oxygens (including phenoxy) is 1. The van der Waals surface area contributed by atoms with E-state index in [-0.39, 0.29) is 40.2 Å². The van der Waals surface area contributed by atoms with Gasteiger partial charge < -0.3 is 19.8 Å². The molecule has 140 valence electrons. The number of hydrogen-bond donors (Lipinski definition) is 2. The molecular weight excluding hydrogens is 350 g/mol. The van der Waals surface area contributed by atoms with Crippen LogP contribution < -0.4 is 0 Å². The molecule has 0 aromatic heterocycles. The Morgan fingerprint density at radius 1 is 1.00 bits per heavy atom. The van der Waals surface area contributed by atoms with Gasteiger partial charge in [0.05, 0.1) is 23.3 Å². The Balaban J connectivity index is 1.92. The fourth-order valence-corrected chi connectivity index (χ4v) is 3.03. The van der Waals surface area contributed by atoms with Crippen molar-refractivity contribution >= 4 is 17.5 Å². The largest absolute Gasteiger partial charge is 0.507 e. The van der Waals surface area contributed by atoms with Crippen molar-refractivity contribution in [1.29, 1.82) is 0 Å². The zero-order valence-electron chi connectivity index (χ0n) is 15.0. The number of aromatic hydroxyl groups is 2. The molecule has 0 heterocycles. The second-order valence-electron chi connectivity index (χ2n) is 6.57. The van der Waals surface area contributed by atoms with Crippen LogP contribution in [0.25, 0.3) is 0 Å². The van der Waals surface area contributed by atoms with E-state index in [2.05, 4.69) is 0 Å². The monoisotopic (exact) mass is 369 g/mol. The summed E-state index contributed by atoms with van der Waals surface area (Å²) < 4.78 is 5.16. The predicted molar refractivity (Wildman–Crippen MR) is 96.5 cm³/mol. The van der Waals surface area contributed by atoms with E-state index < -0.39 is 23.3 Å².